The standard InChI is InChI=1S/C28H24F2N6OS/c1-35-16-24(33-34-35)18-6-9-21(23(30)13-18)28(37)36(20-3-2-11-31-15-20)27-22-14-26(38-25(22)10-12-32-27)17-4-7-19(29)8-5-17/h4-10,12-14,16,20,31H,2-3,11,15H2,1H3/t20-/m1/s1. The Morgan fingerprint density at radius 2 is 1.92 bits per heavy atom. The monoisotopic (exact) mass is 530 g/mol. The average molecular weight is 531 g/mol. The number of benzene rings is 2. The molecular weight excluding hydrogens is 506 g/mol. The molecule has 0 radical (unpaired) electrons. The van der Waals surface area contributed by atoms with Crippen molar-refractivity contribution in [3.63, 3.8) is 0 Å². The molecule has 1 atom stereocenters. The second-order valence-corrected chi connectivity index (χ2v) is 10.4. The van der Waals surface area contributed by atoms with Crippen molar-refractivity contribution in [1.82, 2.24) is 25.3 Å². The molecule has 0 unspecified atom stereocenters. The van der Waals surface area contributed by atoms with Crippen molar-refractivity contribution in [2.24, 2.45) is 7.05 Å². The first-order chi connectivity index (χ1) is 18.5. The Morgan fingerprint density at radius 3 is 2.63 bits per heavy atom. The van der Waals surface area contributed by atoms with Crippen LogP contribution in [0.15, 0.2) is 67.0 Å². The number of nitrogens with zero attached hydrogens (tertiary/aromatic N) is 5. The van der Waals surface area contributed by atoms with E-state index in [-0.39, 0.29) is 17.4 Å². The van der Waals surface area contributed by atoms with Gasteiger partial charge in [0.1, 0.15) is 23.1 Å². The molecule has 0 spiro atoms. The Bertz CT molecular complexity index is 1620. The van der Waals surface area contributed by atoms with Crippen LogP contribution in [0.25, 0.3) is 31.8 Å². The third-order valence-corrected chi connectivity index (χ3v) is 7.88. The van der Waals surface area contributed by atoms with E-state index < -0.39 is 11.7 Å². The number of rotatable bonds is 5. The molecule has 0 bridgehead atoms. The Labute approximate surface area is 221 Å². The molecule has 1 N–H and O–H groups in total. The van der Waals surface area contributed by atoms with Crippen molar-refractivity contribution in [3.05, 3.63) is 84.2 Å². The number of nitrogens with one attached hydrogen (secondary N) is 1. The first-order valence-corrected chi connectivity index (χ1v) is 13.1. The summed E-state index contributed by atoms with van der Waals surface area (Å²) >= 11 is 1.54. The summed E-state index contributed by atoms with van der Waals surface area (Å²) in [5.74, 6) is -0.887. The molecule has 192 valence electrons. The molecule has 38 heavy (non-hydrogen) atoms. The molecule has 4 heterocycles. The first-order valence-electron chi connectivity index (χ1n) is 12.3. The summed E-state index contributed by atoms with van der Waals surface area (Å²) in [6.07, 6.45) is 5.02. The van der Waals surface area contributed by atoms with Gasteiger partial charge in [-0.15, -0.1) is 16.4 Å². The lowest BCUT2D eigenvalue weighted by Crippen LogP contribution is -2.49. The molecule has 1 saturated heterocycles. The van der Waals surface area contributed by atoms with Gasteiger partial charge in [-0.25, -0.2) is 13.8 Å². The maximum absolute atomic E-state index is 15.4. The van der Waals surface area contributed by atoms with Gasteiger partial charge >= 0.3 is 0 Å². The molecular formula is C28H24F2N6OS. The maximum Gasteiger partial charge on any atom is 0.262 e. The van der Waals surface area contributed by atoms with Crippen LogP contribution in [0.2, 0.25) is 0 Å². The maximum atomic E-state index is 15.4. The summed E-state index contributed by atoms with van der Waals surface area (Å²) in [7, 11) is 1.74. The lowest BCUT2D eigenvalue weighted by Gasteiger charge is -2.34. The van der Waals surface area contributed by atoms with Crippen LogP contribution in [0.5, 0.6) is 0 Å². The van der Waals surface area contributed by atoms with Crippen LogP contribution in [-0.4, -0.2) is 45.0 Å². The lowest BCUT2D eigenvalue weighted by molar-refractivity contribution is 0.0968. The fourth-order valence-corrected chi connectivity index (χ4v) is 5.90. The van der Waals surface area contributed by atoms with Crippen LogP contribution in [0.4, 0.5) is 14.6 Å². The highest BCUT2D eigenvalue weighted by Gasteiger charge is 2.32. The molecule has 1 aliphatic rings. The topological polar surface area (TPSA) is 75.9 Å². The molecule has 10 heteroatoms. The van der Waals surface area contributed by atoms with Gasteiger partial charge in [-0.3, -0.25) is 14.4 Å². The van der Waals surface area contributed by atoms with Crippen molar-refractivity contribution in [3.8, 4) is 21.7 Å². The summed E-state index contributed by atoms with van der Waals surface area (Å²) < 4.78 is 31.4. The third kappa shape index (κ3) is 4.57. The number of aryl methyl sites for hydroxylation is 1. The molecule has 3 aromatic heterocycles. The minimum Gasteiger partial charge on any atom is -0.315 e. The van der Waals surface area contributed by atoms with E-state index in [9.17, 15) is 9.18 Å². The zero-order valence-corrected chi connectivity index (χ0v) is 21.4. The lowest BCUT2D eigenvalue weighted by atomic mass is 10.0. The van der Waals surface area contributed by atoms with Gasteiger partial charge in [-0.2, -0.15) is 0 Å². The summed E-state index contributed by atoms with van der Waals surface area (Å²) in [4.78, 5) is 21.2. The largest absolute Gasteiger partial charge is 0.315 e. The van der Waals surface area contributed by atoms with Crippen molar-refractivity contribution < 1.29 is 13.6 Å². The summed E-state index contributed by atoms with van der Waals surface area (Å²) in [6.45, 7) is 1.45. The van der Waals surface area contributed by atoms with Crippen LogP contribution in [0.3, 0.4) is 0 Å². The zero-order chi connectivity index (χ0) is 26.2. The van der Waals surface area contributed by atoms with Crippen LogP contribution in [0, 0.1) is 11.6 Å². The molecule has 1 amide bonds. The number of carbonyl (C=O) groups is 1. The summed E-state index contributed by atoms with van der Waals surface area (Å²) in [6, 6.07) is 14.5. The Morgan fingerprint density at radius 1 is 1.11 bits per heavy atom. The smallest absolute Gasteiger partial charge is 0.262 e. The van der Waals surface area contributed by atoms with E-state index >= 15 is 4.39 Å². The second kappa shape index (κ2) is 10.0. The normalized spacial score (nSPS) is 15.6. The first kappa shape index (κ1) is 24.3. The molecule has 7 nitrogen and oxygen atoms in total. The molecule has 5 aromatic rings. The number of anilines is 1. The molecule has 0 aliphatic carbocycles. The molecule has 2 aromatic carbocycles. The van der Waals surface area contributed by atoms with Gasteiger partial charge in [-0.05, 0) is 61.3 Å². The van der Waals surface area contributed by atoms with Gasteiger partial charge in [-0.1, -0.05) is 23.4 Å². The van der Waals surface area contributed by atoms with Gasteiger partial charge in [0.2, 0.25) is 0 Å². The number of piperidine rings is 1. The van der Waals surface area contributed by atoms with Crippen LogP contribution < -0.4 is 10.2 Å². The number of amides is 1. The minimum absolute atomic E-state index is 0.0315. The van der Waals surface area contributed by atoms with Crippen molar-refractivity contribution in [1.29, 1.82) is 0 Å². The van der Waals surface area contributed by atoms with E-state index in [2.05, 4.69) is 20.6 Å². The van der Waals surface area contributed by atoms with Crippen molar-refractivity contribution >= 4 is 33.1 Å². The van der Waals surface area contributed by atoms with Gasteiger partial charge < -0.3 is 5.32 Å². The molecule has 1 aliphatic heterocycles. The van der Waals surface area contributed by atoms with E-state index in [1.165, 1.54) is 28.9 Å². The van der Waals surface area contributed by atoms with E-state index in [0.717, 1.165) is 39.9 Å². The quantitative estimate of drug-likeness (QED) is 0.328. The van der Waals surface area contributed by atoms with Gasteiger partial charge in [0, 0.05) is 40.3 Å². The van der Waals surface area contributed by atoms with E-state index in [4.69, 9.17) is 0 Å². The fraction of sp³-hybridized carbons (Fsp3) is 0.214. The second-order valence-electron chi connectivity index (χ2n) is 9.31. The Balaban J connectivity index is 1.43. The zero-order valence-electron chi connectivity index (χ0n) is 20.6. The molecule has 6 rings (SSSR count). The van der Waals surface area contributed by atoms with E-state index in [1.54, 1.807) is 53.9 Å². The van der Waals surface area contributed by atoms with Crippen LogP contribution in [0.1, 0.15) is 23.2 Å². The van der Waals surface area contributed by atoms with Gasteiger partial charge in [0.25, 0.3) is 5.91 Å². The van der Waals surface area contributed by atoms with Gasteiger partial charge in [0.15, 0.2) is 0 Å². The number of carbonyl (C=O) groups excluding carboxylic acids is 1. The van der Waals surface area contributed by atoms with Crippen molar-refractivity contribution in [2.45, 2.75) is 18.9 Å². The van der Waals surface area contributed by atoms with Crippen molar-refractivity contribution in [2.75, 3.05) is 18.0 Å². The minimum atomic E-state index is -0.628. The highest BCUT2D eigenvalue weighted by molar-refractivity contribution is 7.22. The predicted molar refractivity (Wildman–Crippen MR) is 144 cm³/mol. The highest BCUT2D eigenvalue weighted by atomic mass is 32.1. The number of aromatic nitrogens is 4. The predicted octanol–water partition coefficient (Wildman–Crippen LogP) is 5.44. The van der Waals surface area contributed by atoms with E-state index in [0.29, 0.717) is 23.6 Å². The number of fused-ring (bicyclic) bond motifs is 1. The number of halogens is 2. The molecule has 1 fully saturated rings. The van der Waals surface area contributed by atoms with Crippen LogP contribution >= 0.6 is 11.3 Å². The summed E-state index contributed by atoms with van der Waals surface area (Å²) in [5, 5.41) is 12.1. The Kier molecular flexibility index (Phi) is 6.42. The number of hydrogen-bond donors (Lipinski definition) is 1. The summed E-state index contributed by atoms with van der Waals surface area (Å²) in [5.41, 5.74) is 1.91. The van der Waals surface area contributed by atoms with Gasteiger partial charge in [0.05, 0.1) is 17.8 Å². The Hall–Kier alpha value is -4.02. The SMILES string of the molecule is Cn1cc(-c2ccc(C(=O)N(c3nccc4sc(-c5ccc(F)cc5)cc34)[C@@H]3CCCNC3)c(F)c2)nn1. The highest BCUT2D eigenvalue weighted by Crippen LogP contribution is 2.39. The third-order valence-electron chi connectivity index (χ3n) is 6.73. The number of thiophene rings is 1. The molecule has 0 saturated carbocycles. The van der Waals surface area contributed by atoms with E-state index in [1.807, 2.05) is 12.1 Å². The average Bonchev–Trinajstić information content (AvgIpc) is 3.57. The fourth-order valence-electron chi connectivity index (χ4n) is 4.84. The number of pyridine rings is 1. The number of hydrogen-bond acceptors (Lipinski definition) is 6. The van der Waals surface area contributed by atoms with Crippen LogP contribution in [-0.2, 0) is 7.05 Å².